The van der Waals surface area contributed by atoms with Crippen LogP contribution in [0.3, 0.4) is 0 Å². The van der Waals surface area contributed by atoms with E-state index in [1.807, 2.05) is 21.1 Å². The quantitative estimate of drug-likeness (QED) is 0.0582. The van der Waals surface area contributed by atoms with Crippen molar-refractivity contribution in [2.45, 2.75) is 110 Å². The predicted molar refractivity (Wildman–Crippen MR) is 138 cm³/mol. The molecule has 0 saturated heterocycles. The molecule has 0 rings (SSSR count). The molecule has 210 valence electrons. The van der Waals surface area contributed by atoms with Crippen molar-refractivity contribution in [1.82, 2.24) is 0 Å². The average Bonchev–Trinajstić information content (AvgIpc) is 2.76. The highest BCUT2D eigenvalue weighted by Gasteiger charge is 2.26. The van der Waals surface area contributed by atoms with Gasteiger partial charge in [0.1, 0.15) is 25.9 Å². The fourth-order valence-corrected chi connectivity index (χ4v) is 4.03. The van der Waals surface area contributed by atoms with E-state index in [4.69, 9.17) is 18.5 Å². The van der Waals surface area contributed by atoms with Crippen LogP contribution >= 0.6 is 7.82 Å². The summed E-state index contributed by atoms with van der Waals surface area (Å²) in [5.41, 5.74) is 0. The highest BCUT2D eigenvalue weighted by molar-refractivity contribution is 7.47. The monoisotopic (exact) mass is 526 g/mol. The van der Waals surface area contributed by atoms with E-state index in [2.05, 4.69) is 13.8 Å². The molecule has 0 aromatic heterocycles. The Balaban J connectivity index is 4.59. The molecule has 0 bridgehead atoms. The predicted octanol–water partition coefficient (Wildman–Crippen LogP) is 5.18. The Hall–Kier alpha value is -0.540. The van der Waals surface area contributed by atoms with E-state index >= 15 is 0 Å². The summed E-state index contributed by atoms with van der Waals surface area (Å²) in [6.45, 7) is 4.38. The van der Waals surface area contributed by atoms with Crippen LogP contribution in [0.4, 0.5) is 0 Å². The number of unbranched alkanes of at least 4 members (excludes halogenated alkanes) is 9. The molecular formula is C25H53NO8P+. The first-order chi connectivity index (χ1) is 16.5. The summed E-state index contributed by atoms with van der Waals surface area (Å²) in [5, 5.41) is 10.3. The van der Waals surface area contributed by atoms with Gasteiger partial charge in [-0.25, -0.2) is 4.57 Å². The molecule has 0 saturated carbocycles. The van der Waals surface area contributed by atoms with Gasteiger partial charge in [-0.1, -0.05) is 71.6 Å². The van der Waals surface area contributed by atoms with Crippen LogP contribution in [-0.4, -0.2) is 80.4 Å². The molecule has 0 fully saturated rings. The molecule has 0 heterocycles. The molecule has 0 spiro atoms. The fourth-order valence-electron chi connectivity index (χ4n) is 3.29. The van der Waals surface area contributed by atoms with Gasteiger partial charge in [0.05, 0.1) is 27.7 Å². The number of aliphatic hydroxyl groups excluding tert-OH is 1. The van der Waals surface area contributed by atoms with Crippen molar-refractivity contribution in [3.8, 4) is 0 Å². The zero-order valence-electron chi connectivity index (χ0n) is 22.9. The van der Waals surface area contributed by atoms with Crippen LogP contribution < -0.4 is 0 Å². The Kier molecular flexibility index (Phi) is 20.2. The molecule has 2 N–H and O–H groups in total. The number of likely N-dealkylation sites (N-methyl/N-ethyl adjacent to an activating group) is 1. The molecule has 10 heteroatoms. The summed E-state index contributed by atoms with van der Waals surface area (Å²) in [7, 11) is 1.53. The topological polar surface area (TPSA) is 112 Å². The lowest BCUT2D eigenvalue weighted by atomic mass is 10.1. The number of ether oxygens (including phenoxy) is 2. The van der Waals surface area contributed by atoms with Crippen molar-refractivity contribution in [1.29, 1.82) is 0 Å². The minimum absolute atomic E-state index is 0.0520. The Bertz CT molecular complexity index is 570. The molecule has 0 aliphatic carbocycles. The first-order valence-electron chi connectivity index (χ1n) is 13.4. The van der Waals surface area contributed by atoms with Gasteiger partial charge in [-0.05, 0) is 19.3 Å². The summed E-state index contributed by atoms with van der Waals surface area (Å²) in [6.07, 6.45) is 10.4. The highest BCUT2D eigenvalue weighted by Crippen LogP contribution is 2.43. The average molecular weight is 527 g/mol. The Labute approximate surface area is 213 Å². The van der Waals surface area contributed by atoms with Crippen molar-refractivity contribution in [2.75, 3.05) is 47.5 Å². The van der Waals surface area contributed by atoms with Crippen LogP contribution in [0, 0.1) is 0 Å². The number of hydrogen-bond acceptors (Lipinski definition) is 7. The maximum absolute atomic E-state index is 12.2. The van der Waals surface area contributed by atoms with Crippen LogP contribution in [0.15, 0.2) is 0 Å². The van der Waals surface area contributed by atoms with E-state index < -0.39 is 20.2 Å². The van der Waals surface area contributed by atoms with E-state index in [0.717, 1.165) is 51.4 Å². The third kappa shape index (κ3) is 23.6. The van der Waals surface area contributed by atoms with Crippen LogP contribution in [0.5, 0.6) is 0 Å². The summed E-state index contributed by atoms with van der Waals surface area (Å²) < 4.78 is 33.8. The maximum atomic E-state index is 12.2. The first kappa shape index (κ1) is 34.5. The number of rotatable bonds is 24. The normalized spacial score (nSPS) is 15.5. The third-order valence-electron chi connectivity index (χ3n) is 5.51. The molecule has 0 aromatic rings. The maximum Gasteiger partial charge on any atom is 0.472 e. The summed E-state index contributed by atoms with van der Waals surface area (Å²) >= 11 is 0. The molecular weight excluding hydrogens is 473 g/mol. The molecule has 0 aromatic carbocycles. The second kappa shape index (κ2) is 20.5. The van der Waals surface area contributed by atoms with Crippen molar-refractivity contribution in [3.63, 3.8) is 0 Å². The number of phosphoric ester groups is 1. The Morgan fingerprint density at radius 2 is 1.43 bits per heavy atom. The van der Waals surface area contributed by atoms with E-state index in [9.17, 15) is 19.4 Å². The molecule has 35 heavy (non-hydrogen) atoms. The second-order valence-electron chi connectivity index (χ2n) is 10.2. The van der Waals surface area contributed by atoms with Crippen LogP contribution in [0.25, 0.3) is 0 Å². The highest BCUT2D eigenvalue weighted by atomic mass is 31.2. The number of hydrogen-bond donors (Lipinski definition) is 2. The number of carbonyl (C=O) groups excluding carboxylic acids is 1. The summed E-state index contributed by atoms with van der Waals surface area (Å²) in [5.74, 6) is -0.352. The van der Waals surface area contributed by atoms with Gasteiger partial charge in [0.25, 0.3) is 0 Å². The zero-order chi connectivity index (χ0) is 26.6. The van der Waals surface area contributed by atoms with Gasteiger partial charge in [0.2, 0.25) is 0 Å². The van der Waals surface area contributed by atoms with Gasteiger partial charge in [0, 0.05) is 6.42 Å². The lowest BCUT2D eigenvalue weighted by Crippen LogP contribution is -2.37. The molecule has 0 amide bonds. The van der Waals surface area contributed by atoms with Gasteiger partial charge in [-0.2, -0.15) is 0 Å². The Morgan fingerprint density at radius 1 is 0.857 bits per heavy atom. The van der Waals surface area contributed by atoms with E-state index in [-0.39, 0.29) is 25.8 Å². The number of quaternary nitrogens is 1. The summed E-state index contributed by atoms with van der Waals surface area (Å²) in [6, 6.07) is 0. The third-order valence-corrected chi connectivity index (χ3v) is 6.49. The lowest BCUT2D eigenvalue weighted by molar-refractivity contribution is -0.870. The van der Waals surface area contributed by atoms with Gasteiger partial charge in [-0.3, -0.25) is 13.8 Å². The lowest BCUT2D eigenvalue weighted by Gasteiger charge is -2.25. The second-order valence-corrected chi connectivity index (χ2v) is 11.7. The van der Waals surface area contributed by atoms with Gasteiger partial charge in [0.15, 0.2) is 6.29 Å². The molecule has 9 nitrogen and oxygen atoms in total. The smallest absolute Gasteiger partial charge is 0.463 e. The number of esters is 1. The van der Waals surface area contributed by atoms with Crippen LogP contribution in [-0.2, 0) is 27.9 Å². The standard InChI is InChI=1S/C25H52NO8P/c1-6-8-10-12-14-15-17-24(27)31-21-23(34-25(28)18-16-13-11-9-7-2)22-33-35(29,30)32-20-19-26(3,4)5/h23,25,28H,6-22H2,1-5H3/p+1/t23-,25?/m1/s1. The van der Waals surface area contributed by atoms with Crippen molar-refractivity contribution < 1.29 is 42.4 Å². The number of phosphoric acid groups is 1. The summed E-state index contributed by atoms with van der Waals surface area (Å²) in [4.78, 5) is 22.1. The van der Waals surface area contributed by atoms with E-state index in [1.54, 1.807) is 0 Å². The van der Waals surface area contributed by atoms with Crippen molar-refractivity contribution >= 4 is 13.8 Å². The van der Waals surface area contributed by atoms with Gasteiger partial charge >= 0.3 is 13.8 Å². The first-order valence-corrected chi connectivity index (χ1v) is 14.9. The molecule has 2 unspecified atom stereocenters. The van der Waals surface area contributed by atoms with E-state index in [0.29, 0.717) is 23.9 Å². The number of carbonyl (C=O) groups is 1. The fraction of sp³-hybridized carbons (Fsp3) is 0.960. The molecule has 0 radical (unpaired) electrons. The Morgan fingerprint density at radius 3 is 2.03 bits per heavy atom. The van der Waals surface area contributed by atoms with Crippen molar-refractivity contribution in [3.05, 3.63) is 0 Å². The number of aliphatic hydroxyl groups is 1. The van der Waals surface area contributed by atoms with Gasteiger partial charge < -0.3 is 24.0 Å². The number of nitrogens with zero attached hydrogens (tertiary/aromatic N) is 1. The van der Waals surface area contributed by atoms with Crippen LogP contribution in [0.2, 0.25) is 0 Å². The molecule has 3 atom stereocenters. The van der Waals surface area contributed by atoms with Gasteiger partial charge in [-0.15, -0.1) is 0 Å². The molecule has 0 aliphatic rings. The molecule has 0 aliphatic heterocycles. The van der Waals surface area contributed by atoms with E-state index in [1.165, 1.54) is 19.3 Å². The van der Waals surface area contributed by atoms with Crippen molar-refractivity contribution in [2.24, 2.45) is 0 Å². The van der Waals surface area contributed by atoms with Crippen LogP contribution in [0.1, 0.15) is 97.3 Å². The SMILES string of the molecule is CCCCCCCCC(=O)OC[C@H](COP(=O)(O)OCC[N+](C)(C)C)OC(O)CCCCCCC. The minimum Gasteiger partial charge on any atom is -0.463 e. The zero-order valence-corrected chi connectivity index (χ0v) is 23.8. The minimum atomic E-state index is -4.30. The largest absolute Gasteiger partial charge is 0.472 e.